The number of benzene rings is 2. The van der Waals surface area contributed by atoms with Gasteiger partial charge in [0.1, 0.15) is 27.7 Å². The van der Waals surface area contributed by atoms with Gasteiger partial charge in [0.05, 0.1) is 11.1 Å². The van der Waals surface area contributed by atoms with Crippen LogP contribution in [-0.4, -0.2) is 20.4 Å². The first-order valence-electron chi connectivity index (χ1n) is 5.96. The van der Waals surface area contributed by atoms with E-state index in [1.165, 1.54) is 0 Å². The van der Waals surface area contributed by atoms with E-state index in [1.807, 2.05) is 0 Å². The van der Waals surface area contributed by atoms with E-state index in [1.54, 1.807) is 0 Å². The van der Waals surface area contributed by atoms with Crippen LogP contribution in [0.5, 0.6) is 11.5 Å². The molecule has 0 amide bonds. The van der Waals surface area contributed by atoms with Gasteiger partial charge in [0, 0.05) is 0 Å². The molecule has 8 heteroatoms. The molecule has 0 saturated heterocycles. The van der Waals surface area contributed by atoms with Gasteiger partial charge in [0.25, 0.3) is 0 Å². The van der Waals surface area contributed by atoms with Gasteiger partial charge < -0.3 is 20.4 Å². The summed E-state index contributed by atoms with van der Waals surface area (Å²) in [5.74, 6) is -3.70. The lowest BCUT2D eigenvalue weighted by atomic mass is 9.96. The van der Waals surface area contributed by atoms with E-state index in [4.69, 9.17) is 0 Å². The largest absolute Gasteiger partial charge is 0.512 e. The Kier molecular flexibility index (Phi) is 3.25. The summed E-state index contributed by atoms with van der Waals surface area (Å²) in [7, 11) is 0. The molecule has 0 spiro atoms. The Morgan fingerprint density at radius 2 is 1.09 bits per heavy atom. The fraction of sp³-hybridized carbons (Fsp3) is 0.143. The van der Waals surface area contributed by atoms with E-state index in [-0.39, 0.29) is 0 Å². The molecule has 0 bridgehead atoms. The van der Waals surface area contributed by atoms with Crippen molar-refractivity contribution in [3.63, 3.8) is 0 Å². The number of aliphatic hydroxyl groups is 2. The van der Waals surface area contributed by atoms with Crippen molar-refractivity contribution >= 4 is 11.5 Å². The lowest BCUT2D eigenvalue weighted by Gasteiger charge is -2.08. The number of aromatic hydroxyl groups is 2. The molecule has 8 nitrogen and oxygen atoms in total. The van der Waals surface area contributed by atoms with Gasteiger partial charge in [-0.15, -0.1) is 0 Å². The van der Waals surface area contributed by atoms with E-state index in [0.717, 1.165) is 13.8 Å². The number of hydrogen-bond donors (Lipinski definition) is 4. The summed E-state index contributed by atoms with van der Waals surface area (Å²) in [6.07, 6.45) is 0. The number of phenolic OH excluding ortho intramolecular Hbond substituents is 2. The van der Waals surface area contributed by atoms with Gasteiger partial charge in [-0.05, 0) is 13.8 Å². The molecule has 0 heterocycles. The SMILES string of the molecule is C/C(O)=c1/c(=O)c(O)c2c(=O)c(=O)/c(=C(\C)O)c(O)c-2c1=O. The van der Waals surface area contributed by atoms with E-state index < -0.39 is 66.3 Å². The van der Waals surface area contributed by atoms with Crippen molar-refractivity contribution in [3.8, 4) is 22.6 Å². The predicted octanol–water partition coefficient (Wildman–Crippen LogP) is -2.11. The maximum atomic E-state index is 12.2. The van der Waals surface area contributed by atoms with Crippen LogP contribution in [0.3, 0.4) is 0 Å². The zero-order valence-electron chi connectivity index (χ0n) is 11.4. The Morgan fingerprint density at radius 3 is 1.55 bits per heavy atom. The monoisotopic (exact) mass is 306 g/mol. The van der Waals surface area contributed by atoms with Crippen molar-refractivity contribution in [1.82, 2.24) is 0 Å². The number of hydrogen-bond acceptors (Lipinski definition) is 8. The van der Waals surface area contributed by atoms with Gasteiger partial charge in [-0.3, -0.25) is 19.2 Å². The molecule has 2 aliphatic rings. The maximum Gasteiger partial charge on any atom is 0.240 e. The standard InChI is InChI=1S/C14H10O8/c1-3(15)5-9(17)7-8(13(21)11(5)19)14(22)12(20)6(4(2)16)10(7)18/h15-17,22H,1-2H3/b5-3+,6-4-. The number of aliphatic hydroxyl groups excluding tert-OH is 2. The molecular weight excluding hydrogens is 296 g/mol. The third-order valence-electron chi connectivity index (χ3n) is 3.24. The zero-order chi connectivity index (χ0) is 16.9. The minimum absolute atomic E-state index is 0.710. The third kappa shape index (κ3) is 1.77. The summed E-state index contributed by atoms with van der Waals surface area (Å²) in [4.78, 5) is 47.8. The van der Waals surface area contributed by atoms with Crippen molar-refractivity contribution in [2.45, 2.75) is 13.8 Å². The molecule has 0 atom stereocenters. The van der Waals surface area contributed by atoms with Crippen LogP contribution in [0.15, 0.2) is 19.2 Å². The van der Waals surface area contributed by atoms with Gasteiger partial charge in [0.15, 0.2) is 5.75 Å². The Bertz CT molecular complexity index is 1090. The molecule has 114 valence electrons. The maximum absolute atomic E-state index is 12.2. The quantitative estimate of drug-likeness (QED) is 0.404. The number of fused-ring (bicyclic) bond motifs is 1. The second-order valence-corrected chi connectivity index (χ2v) is 4.68. The Balaban J connectivity index is 3.56. The molecular formula is C14H10O8. The highest BCUT2D eigenvalue weighted by Crippen LogP contribution is 2.24. The van der Waals surface area contributed by atoms with Crippen molar-refractivity contribution in [2.75, 3.05) is 0 Å². The van der Waals surface area contributed by atoms with E-state index in [0.29, 0.717) is 0 Å². The first kappa shape index (κ1) is 15.2. The number of phenols is 2. The van der Waals surface area contributed by atoms with E-state index >= 15 is 0 Å². The van der Waals surface area contributed by atoms with Crippen LogP contribution >= 0.6 is 0 Å². The molecule has 0 aromatic carbocycles. The fourth-order valence-corrected chi connectivity index (χ4v) is 2.26. The first-order chi connectivity index (χ1) is 10.1. The molecule has 0 aromatic rings. The average molecular weight is 306 g/mol. The minimum atomic E-state index is -1.41. The van der Waals surface area contributed by atoms with Crippen LogP contribution in [0.2, 0.25) is 0 Å². The molecule has 0 aromatic heterocycles. The van der Waals surface area contributed by atoms with Crippen LogP contribution in [0.25, 0.3) is 22.6 Å². The fourth-order valence-electron chi connectivity index (χ4n) is 2.26. The van der Waals surface area contributed by atoms with Crippen LogP contribution in [0, 0.1) is 0 Å². The van der Waals surface area contributed by atoms with Gasteiger partial charge in [-0.1, -0.05) is 0 Å². The van der Waals surface area contributed by atoms with Crippen LogP contribution in [0.4, 0.5) is 0 Å². The second kappa shape index (κ2) is 4.69. The molecule has 0 aliphatic heterocycles. The summed E-state index contributed by atoms with van der Waals surface area (Å²) in [5.41, 5.74) is -7.08. The molecule has 0 fully saturated rings. The summed E-state index contributed by atoms with van der Waals surface area (Å²) >= 11 is 0. The van der Waals surface area contributed by atoms with Gasteiger partial charge >= 0.3 is 0 Å². The summed E-state index contributed by atoms with van der Waals surface area (Å²) in [5, 5.41) is 36.9. The average Bonchev–Trinajstić information content (AvgIpc) is 2.39. The van der Waals surface area contributed by atoms with E-state index in [9.17, 15) is 39.6 Å². The van der Waals surface area contributed by atoms with Gasteiger partial charge in [0.2, 0.25) is 21.7 Å². The highest BCUT2D eigenvalue weighted by Gasteiger charge is 2.28. The van der Waals surface area contributed by atoms with Crippen molar-refractivity contribution in [1.29, 1.82) is 0 Å². The Labute approximate surface area is 120 Å². The smallest absolute Gasteiger partial charge is 0.240 e. The van der Waals surface area contributed by atoms with Crippen LogP contribution < -0.4 is 32.2 Å². The van der Waals surface area contributed by atoms with Gasteiger partial charge in [-0.25, -0.2) is 0 Å². The van der Waals surface area contributed by atoms with Gasteiger partial charge in [-0.2, -0.15) is 0 Å². The molecule has 2 rings (SSSR count). The van der Waals surface area contributed by atoms with Crippen molar-refractivity contribution in [3.05, 3.63) is 51.3 Å². The minimum Gasteiger partial charge on any atom is -0.512 e. The van der Waals surface area contributed by atoms with Crippen LogP contribution in [0.1, 0.15) is 13.8 Å². The summed E-state index contributed by atoms with van der Waals surface area (Å²) in [6.45, 7) is 2.02. The normalized spacial score (nSPS) is 14.1. The Morgan fingerprint density at radius 1 is 0.636 bits per heavy atom. The second-order valence-electron chi connectivity index (χ2n) is 4.68. The third-order valence-corrected chi connectivity index (χ3v) is 3.24. The molecule has 4 N–H and O–H groups in total. The predicted molar refractivity (Wildman–Crippen MR) is 76.5 cm³/mol. The topological polar surface area (TPSA) is 149 Å². The Hall–Kier alpha value is -3.16. The lowest BCUT2D eigenvalue weighted by molar-refractivity contribution is 0.451. The van der Waals surface area contributed by atoms with E-state index in [2.05, 4.69) is 0 Å². The number of rotatable bonds is 0. The van der Waals surface area contributed by atoms with Crippen molar-refractivity contribution in [2.24, 2.45) is 0 Å². The molecule has 0 radical (unpaired) electrons. The summed E-state index contributed by atoms with van der Waals surface area (Å²) < 4.78 is 0. The summed E-state index contributed by atoms with van der Waals surface area (Å²) in [6, 6.07) is 0. The first-order valence-corrected chi connectivity index (χ1v) is 5.96. The molecule has 2 aliphatic carbocycles. The molecule has 22 heavy (non-hydrogen) atoms. The zero-order valence-corrected chi connectivity index (χ0v) is 11.4. The lowest BCUT2D eigenvalue weighted by Crippen LogP contribution is -2.48. The molecule has 0 unspecified atom stereocenters. The molecule has 0 saturated carbocycles. The highest BCUT2D eigenvalue weighted by atomic mass is 16.3. The van der Waals surface area contributed by atoms with Crippen LogP contribution in [-0.2, 0) is 0 Å². The van der Waals surface area contributed by atoms with Crippen molar-refractivity contribution < 1.29 is 20.4 Å². The highest BCUT2D eigenvalue weighted by molar-refractivity contribution is 5.78.